The third-order valence-electron chi connectivity index (χ3n) is 5.13. The van der Waals surface area contributed by atoms with E-state index in [0.717, 1.165) is 37.3 Å². The summed E-state index contributed by atoms with van der Waals surface area (Å²) in [6.07, 6.45) is 4.44. The zero-order valence-corrected chi connectivity index (χ0v) is 17.0. The fourth-order valence-electron chi connectivity index (χ4n) is 3.13. The summed E-state index contributed by atoms with van der Waals surface area (Å²) in [4.78, 5) is 17.8. The second-order valence-corrected chi connectivity index (χ2v) is 8.72. The van der Waals surface area contributed by atoms with Crippen molar-refractivity contribution in [1.29, 1.82) is 0 Å². The number of amides is 1. The summed E-state index contributed by atoms with van der Waals surface area (Å²) in [5, 5.41) is 6.27. The van der Waals surface area contributed by atoms with Crippen molar-refractivity contribution in [3.63, 3.8) is 0 Å². The van der Waals surface area contributed by atoms with Gasteiger partial charge in [-0.2, -0.15) is 10.1 Å². The number of aromatic nitrogens is 2. The van der Waals surface area contributed by atoms with Gasteiger partial charge in [-0.25, -0.2) is 4.68 Å². The Hall–Kier alpha value is -1.70. The second kappa shape index (κ2) is 7.37. The van der Waals surface area contributed by atoms with Crippen LogP contribution >= 0.6 is 22.9 Å². The number of carbonyl (C=O) groups excluding carboxylic acids is 1. The number of carbonyl (C=O) groups is 1. The summed E-state index contributed by atoms with van der Waals surface area (Å²) in [5.41, 5.74) is 0.467. The van der Waals surface area contributed by atoms with Crippen molar-refractivity contribution >= 4 is 28.8 Å². The highest BCUT2D eigenvalue weighted by Gasteiger charge is 2.42. The van der Waals surface area contributed by atoms with Crippen LogP contribution in [0.4, 0.5) is 0 Å². The van der Waals surface area contributed by atoms with E-state index in [9.17, 15) is 4.79 Å². The SMILES string of the molecule is COc1ccc(Cl)cc1C(=O)N=c1sc(C2(C)CC2)nn1C[C@H]1CCCO1. The van der Waals surface area contributed by atoms with E-state index in [2.05, 4.69) is 11.9 Å². The molecule has 4 rings (SSSR count). The molecular formula is C19H22ClN3O3S. The molecular weight excluding hydrogens is 386 g/mol. The molecule has 6 nitrogen and oxygen atoms in total. The molecule has 27 heavy (non-hydrogen) atoms. The van der Waals surface area contributed by atoms with Crippen molar-refractivity contribution in [2.45, 2.75) is 50.7 Å². The van der Waals surface area contributed by atoms with Crippen molar-refractivity contribution in [3.05, 3.63) is 38.6 Å². The molecule has 2 heterocycles. The lowest BCUT2D eigenvalue weighted by molar-refractivity contribution is 0.0918. The number of hydrogen-bond acceptors (Lipinski definition) is 5. The van der Waals surface area contributed by atoms with Crippen LogP contribution in [0, 0.1) is 0 Å². The van der Waals surface area contributed by atoms with Crippen LogP contribution in [0.1, 0.15) is 48.0 Å². The maximum Gasteiger partial charge on any atom is 0.283 e. The largest absolute Gasteiger partial charge is 0.496 e. The number of methoxy groups -OCH3 is 1. The van der Waals surface area contributed by atoms with Gasteiger partial charge in [-0.05, 0) is 43.9 Å². The Morgan fingerprint density at radius 2 is 2.33 bits per heavy atom. The maximum absolute atomic E-state index is 12.8. The van der Waals surface area contributed by atoms with E-state index in [-0.39, 0.29) is 17.4 Å². The van der Waals surface area contributed by atoms with Crippen molar-refractivity contribution in [2.75, 3.05) is 13.7 Å². The molecule has 1 aromatic heterocycles. The first-order valence-electron chi connectivity index (χ1n) is 9.11. The van der Waals surface area contributed by atoms with Crippen LogP contribution in [0.5, 0.6) is 5.75 Å². The number of rotatable bonds is 5. The Balaban J connectivity index is 1.71. The molecule has 0 radical (unpaired) electrons. The number of halogens is 1. The molecule has 1 atom stereocenters. The summed E-state index contributed by atoms with van der Waals surface area (Å²) in [6.45, 7) is 3.60. The first-order valence-corrected chi connectivity index (χ1v) is 10.3. The molecule has 0 bridgehead atoms. The van der Waals surface area contributed by atoms with Gasteiger partial charge in [-0.1, -0.05) is 29.9 Å². The van der Waals surface area contributed by atoms with Crippen LogP contribution in [0.15, 0.2) is 23.2 Å². The minimum Gasteiger partial charge on any atom is -0.496 e. The van der Waals surface area contributed by atoms with Gasteiger partial charge in [-0.15, -0.1) is 0 Å². The molecule has 1 saturated carbocycles. The molecule has 1 amide bonds. The van der Waals surface area contributed by atoms with Gasteiger partial charge in [0.15, 0.2) is 0 Å². The van der Waals surface area contributed by atoms with Crippen LogP contribution < -0.4 is 9.54 Å². The summed E-state index contributed by atoms with van der Waals surface area (Å²) in [7, 11) is 1.52. The van der Waals surface area contributed by atoms with Gasteiger partial charge in [0.2, 0.25) is 4.80 Å². The molecule has 2 fully saturated rings. The predicted molar refractivity (Wildman–Crippen MR) is 104 cm³/mol. The van der Waals surface area contributed by atoms with Crippen LogP contribution in [-0.2, 0) is 16.7 Å². The number of ether oxygens (including phenoxy) is 2. The minimum atomic E-state index is -0.383. The lowest BCUT2D eigenvalue weighted by atomic mass is 10.2. The molecule has 1 aliphatic heterocycles. The summed E-state index contributed by atoms with van der Waals surface area (Å²) in [5.74, 6) is 0.0734. The van der Waals surface area contributed by atoms with Gasteiger partial charge < -0.3 is 9.47 Å². The average Bonchev–Trinajstić information content (AvgIpc) is 3.05. The summed E-state index contributed by atoms with van der Waals surface area (Å²) in [6, 6.07) is 4.95. The smallest absolute Gasteiger partial charge is 0.283 e. The monoisotopic (exact) mass is 407 g/mol. The fourth-order valence-corrected chi connectivity index (χ4v) is 4.42. The van der Waals surface area contributed by atoms with E-state index in [1.54, 1.807) is 18.2 Å². The molecule has 8 heteroatoms. The summed E-state index contributed by atoms with van der Waals surface area (Å²) >= 11 is 7.54. The van der Waals surface area contributed by atoms with Gasteiger partial charge in [0, 0.05) is 17.0 Å². The van der Waals surface area contributed by atoms with Crippen LogP contribution in [0.25, 0.3) is 0 Å². The van der Waals surface area contributed by atoms with E-state index in [4.69, 9.17) is 26.2 Å². The maximum atomic E-state index is 12.8. The molecule has 1 aromatic carbocycles. The fraction of sp³-hybridized carbons (Fsp3) is 0.526. The molecule has 0 unspecified atom stereocenters. The lowest BCUT2D eigenvalue weighted by Gasteiger charge is -2.09. The van der Waals surface area contributed by atoms with Gasteiger partial charge in [0.25, 0.3) is 5.91 Å². The first-order chi connectivity index (χ1) is 13.0. The highest BCUT2D eigenvalue weighted by molar-refractivity contribution is 7.09. The second-order valence-electron chi connectivity index (χ2n) is 7.33. The minimum absolute atomic E-state index is 0.119. The average molecular weight is 408 g/mol. The third-order valence-corrected chi connectivity index (χ3v) is 6.61. The Morgan fingerprint density at radius 3 is 3.00 bits per heavy atom. The Morgan fingerprint density at radius 1 is 1.52 bits per heavy atom. The lowest BCUT2D eigenvalue weighted by Crippen LogP contribution is -2.25. The zero-order chi connectivity index (χ0) is 19.0. The third kappa shape index (κ3) is 3.95. The topological polar surface area (TPSA) is 65.7 Å². The van der Waals surface area contributed by atoms with E-state index in [0.29, 0.717) is 27.7 Å². The molecule has 2 aliphatic rings. The van der Waals surface area contributed by atoms with Gasteiger partial charge >= 0.3 is 0 Å². The normalized spacial score (nSPS) is 21.4. The van der Waals surface area contributed by atoms with E-state index in [1.165, 1.54) is 18.4 Å². The van der Waals surface area contributed by atoms with Crippen molar-refractivity contribution in [1.82, 2.24) is 9.78 Å². The Labute approximate surface area is 166 Å². The molecule has 2 aromatic rings. The number of nitrogens with zero attached hydrogens (tertiary/aromatic N) is 3. The molecule has 0 N–H and O–H groups in total. The first kappa shape index (κ1) is 18.7. The standard InChI is InChI=1S/C19H22ClN3O3S/c1-19(7-8-19)17-22-23(11-13-4-3-9-26-13)18(27-17)21-16(24)14-10-12(20)5-6-15(14)25-2/h5-6,10,13H,3-4,7-9,11H2,1-2H3/t13-/m1/s1. The summed E-state index contributed by atoms with van der Waals surface area (Å²) < 4.78 is 12.9. The van der Waals surface area contributed by atoms with Gasteiger partial charge in [0.1, 0.15) is 10.8 Å². The van der Waals surface area contributed by atoms with Crippen LogP contribution in [0.2, 0.25) is 5.02 Å². The van der Waals surface area contributed by atoms with Crippen molar-refractivity contribution < 1.29 is 14.3 Å². The number of hydrogen-bond donors (Lipinski definition) is 0. The van der Waals surface area contributed by atoms with E-state index < -0.39 is 0 Å². The molecule has 0 spiro atoms. The quantitative estimate of drug-likeness (QED) is 0.759. The van der Waals surface area contributed by atoms with Gasteiger partial charge in [0.05, 0.1) is 25.3 Å². The van der Waals surface area contributed by atoms with Crippen LogP contribution in [-0.4, -0.2) is 35.5 Å². The van der Waals surface area contributed by atoms with Crippen molar-refractivity contribution in [2.24, 2.45) is 4.99 Å². The van der Waals surface area contributed by atoms with Gasteiger partial charge in [-0.3, -0.25) is 4.79 Å². The van der Waals surface area contributed by atoms with E-state index >= 15 is 0 Å². The zero-order valence-electron chi connectivity index (χ0n) is 15.4. The van der Waals surface area contributed by atoms with Crippen molar-refractivity contribution in [3.8, 4) is 5.75 Å². The van der Waals surface area contributed by atoms with E-state index in [1.807, 2.05) is 4.68 Å². The van der Waals surface area contributed by atoms with Crippen LogP contribution in [0.3, 0.4) is 0 Å². The predicted octanol–water partition coefficient (Wildman–Crippen LogP) is 3.58. The molecule has 1 aliphatic carbocycles. The Bertz CT molecular complexity index is 927. The molecule has 144 valence electrons. The Kier molecular flexibility index (Phi) is 5.09. The highest BCUT2D eigenvalue weighted by atomic mass is 35.5. The number of benzene rings is 1. The molecule has 1 saturated heterocycles. The highest BCUT2D eigenvalue weighted by Crippen LogP contribution is 2.47.